The molecule has 2 heterocycles. The molecule has 2 rings (SSSR count). The van der Waals surface area contributed by atoms with Crippen LogP contribution in [0.15, 0.2) is 0 Å². The fourth-order valence-electron chi connectivity index (χ4n) is 3.98. The van der Waals surface area contributed by atoms with Crippen molar-refractivity contribution in [1.82, 2.24) is 16.0 Å². The van der Waals surface area contributed by atoms with Gasteiger partial charge in [-0.2, -0.15) is 11.8 Å². The normalized spacial score (nSPS) is 19.4. The summed E-state index contributed by atoms with van der Waals surface area (Å²) in [7, 11) is 0. The molecule has 0 bridgehead atoms. The lowest BCUT2D eigenvalue weighted by molar-refractivity contribution is -0.152. The van der Waals surface area contributed by atoms with Crippen LogP contribution in [-0.2, 0) is 42.9 Å². The fraction of sp³-hybridized carbons (Fsp3) is 0.800. The van der Waals surface area contributed by atoms with Crippen LogP contribution >= 0.6 is 11.8 Å². The molecule has 14 nitrogen and oxygen atoms in total. The highest BCUT2D eigenvalue weighted by atomic mass is 32.2. The Kier molecular flexibility index (Phi) is 17.0. The molecule has 2 saturated heterocycles. The first-order valence-electron chi connectivity index (χ1n) is 13.6. The molecule has 2 aliphatic rings. The number of carboxylic acids is 1. The van der Waals surface area contributed by atoms with Crippen LogP contribution in [0.5, 0.6) is 0 Å². The summed E-state index contributed by atoms with van der Waals surface area (Å²) in [4.78, 5) is 56.6. The number of rotatable bonds is 23. The summed E-state index contributed by atoms with van der Waals surface area (Å²) in [6.45, 7) is 2.26. The molecular formula is C25H41N3O11S. The summed E-state index contributed by atoms with van der Waals surface area (Å²) >= 11 is 1.88. The molecule has 0 radical (unpaired) electrons. The number of ether oxygens (including phenoxy) is 5. The molecule has 0 spiro atoms. The van der Waals surface area contributed by atoms with E-state index in [9.17, 15) is 24.0 Å². The number of carbonyl (C=O) groups excluding carboxylic acids is 4. The second-order valence-corrected chi connectivity index (χ2v) is 10.4. The van der Waals surface area contributed by atoms with Crippen LogP contribution < -0.4 is 16.0 Å². The highest BCUT2D eigenvalue weighted by Gasteiger charge is 2.42. The molecule has 0 aromatic carbocycles. The van der Waals surface area contributed by atoms with Gasteiger partial charge in [0, 0.05) is 24.0 Å². The number of hydrogen-bond acceptors (Lipinski definition) is 11. The first kappa shape index (κ1) is 33.6. The molecule has 0 aromatic rings. The van der Waals surface area contributed by atoms with E-state index in [-0.39, 0.29) is 63.1 Å². The minimum absolute atomic E-state index is 0.00551. The maximum Gasteiger partial charge on any atom is 0.315 e. The highest BCUT2D eigenvalue weighted by Crippen LogP contribution is 2.33. The molecule has 228 valence electrons. The van der Waals surface area contributed by atoms with E-state index < -0.39 is 17.9 Å². The number of carboxylic acid groups (broad SMARTS) is 1. The van der Waals surface area contributed by atoms with E-state index in [2.05, 4.69) is 20.7 Å². The lowest BCUT2D eigenvalue weighted by atomic mass is 10.0. The average Bonchev–Trinajstić information content (AvgIpc) is 3.47. The Balaban J connectivity index is 1.27. The van der Waals surface area contributed by atoms with E-state index in [1.165, 1.54) is 0 Å². The number of amides is 3. The van der Waals surface area contributed by atoms with Crippen LogP contribution in [0.4, 0.5) is 4.79 Å². The van der Waals surface area contributed by atoms with Crippen LogP contribution in [0, 0.1) is 0 Å². The van der Waals surface area contributed by atoms with Crippen LogP contribution in [0.25, 0.3) is 0 Å². The average molecular weight is 592 g/mol. The van der Waals surface area contributed by atoms with E-state index in [4.69, 9.17) is 24.1 Å². The van der Waals surface area contributed by atoms with Crippen LogP contribution in [0.2, 0.25) is 0 Å². The number of carbonyl (C=O) groups is 5. The Hall–Kier alpha value is -2.62. The number of unbranched alkanes of at least 4 members (excludes halogenated alkanes) is 1. The van der Waals surface area contributed by atoms with Crippen molar-refractivity contribution < 1.29 is 52.8 Å². The Morgan fingerprint density at radius 3 is 2.10 bits per heavy atom. The lowest BCUT2D eigenvalue weighted by Gasteiger charge is -2.16. The zero-order chi connectivity index (χ0) is 29.0. The molecule has 0 unspecified atom stereocenters. The van der Waals surface area contributed by atoms with Crippen molar-refractivity contribution in [3.8, 4) is 0 Å². The van der Waals surface area contributed by atoms with Gasteiger partial charge in [-0.3, -0.25) is 19.2 Å². The molecule has 3 amide bonds. The molecule has 2 aliphatic heterocycles. The fourth-order valence-corrected chi connectivity index (χ4v) is 5.53. The summed E-state index contributed by atoms with van der Waals surface area (Å²) in [5, 5.41) is 17.6. The van der Waals surface area contributed by atoms with Crippen molar-refractivity contribution in [3.05, 3.63) is 0 Å². The third kappa shape index (κ3) is 15.2. The third-order valence-electron chi connectivity index (χ3n) is 6.00. The van der Waals surface area contributed by atoms with Crippen molar-refractivity contribution >= 4 is 41.6 Å². The topological polar surface area (TPSA) is 188 Å². The van der Waals surface area contributed by atoms with E-state index in [0.717, 1.165) is 25.0 Å². The van der Waals surface area contributed by atoms with Crippen molar-refractivity contribution in [2.75, 3.05) is 65.2 Å². The van der Waals surface area contributed by atoms with Crippen LogP contribution in [-0.4, -0.2) is 117 Å². The second-order valence-electron chi connectivity index (χ2n) is 9.14. The number of aliphatic carboxylic acids is 1. The Morgan fingerprint density at radius 2 is 1.43 bits per heavy atom. The van der Waals surface area contributed by atoms with Gasteiger partial charge in [0.25, 0.3) is 0 Å². The number of nitrogens with one attached hydrogen (secondary N) is 3. The maximum atomic E-state index is 12.0. The van der Waals surface area contributed by atoms with Gasteiger partial charge in [0.2, 0.25) is 5.91 Å². The molecule has 4 N–H and O–H groups in total. The lowest BCUT2D eigenvalue weighted by Crippen LogP contribution is -2.36. The third-order valence-corrected chi connectivity index (χ3v) is 7.50. The molecule has 3 atom stereocenters. The SMILES string of the molecule is O=C(O)CCOC(=O)CCC(=O)OCCOCCOCCOCCNC(=O)CCCC[C@H]1SC[C@H]2NC(=O)N[C@H]21. The first-order chi connectivity index (χ1) is 19.3. The summed E-state index contributed by atoms with van der Waals surface area (Å²) in [6.07, 6.45) is 2.61. The zero-order valence-corrected chi connectivity index (χ0v) is 23.5. The Morgan fingerprint density at radius 1 is 0.800 bits per heavy atom. The summed E-state index contributed by atoms with van der Waals surface area (Å²) in [5.74, 6) is -1.35. The molecule has 2 fully saturated rings. The first-order valence-corrected chi connectivity index (χ1v) is 14.6. The quantitative estimate of drug-likeness (QED) is 0.0720. The molecular weight excluding hydrogens is 550 g/mol. The zero-order valence-electron chi connectivity index (χ0n) is 22.7. The predicted octanol–water partition coefficient (Wildman–Crippen LogP) is 0.220. The Labute approximate surface area is 237 Å². The van der Waals surface area contributed by atoms with Crippen LogP contribution in [0.1, 0.15) is 44.9 Å². The minimum Gasteiger partial charge on any atom is -0.481 e. The highest BCUT2D eigenvalue weighted by molar-refractivity contribution is 8.00. The van der Waals surface area contributed by atoms with Gasteiger partial charge in [0.15, 0.2) is 0 Å². The van der Waals surface area contributed by atoms with E-state index in [1.54, 1.807) is 0 Å². The van der Waals surface area contributed by atoms with E-state index >= 15 is 0 Å². The number of urea groups is 1. The smallest absolute Gasteiger partial charge is 0.315 e. The number of thioether (sulfide) groups is 1. The molecule has 15 heteroatoms. The minimum atomic E-state index is -1.07. The second kappa shape index (κ2) is 20.3. The van der Waals surface area contributed by atoms with Gasteiger partial charge in [-0.05, 0) is 12.8 Å². The summed E-state index contributed by atoms with van der Waals surface area (Å²) in [6, 6.07) is 0.355. The molecule has 40 heavy (non-hydrogen) atoms. The van der Waals surface area contributed by atoms with Gasteiger partial charge < -0.3 is 44.7 Å². The molecule has 0 saturated carbocycles. The van der Waals surface area contributed by atoms with Crippen molar-refractivity contribution in [2.45, 2.75) is 62.3 Å². The van der Waals surface area contributed by atoms with E-state index in [1.807, 2.05) is 11.8 Å². The predicted molar refractivity (Wildman–Crippen MR) is 143 cm³/mol. The standard InChI is InChI=1S/C25H41N3O11S/c29-20(4-2-1-3-19-24-18(17-40-19)27-25(34)28-24)26-8-10-35-11-12-36-13-14-37-15-16-39-23(33)6-5-22(32)38-9-7-21(30)31/h18-19,24H,1-17H2,(H,26,29)(H,30,31)(H2,27,28,34)/t18-,19-,24-/m1/s1. The van der Waals surface area contributed by atoms with Crippen molar-refractivity contribution in [2.24, 2.45) is 0 Å². The van der Waals surface area contributed by atoms with Gasteiger partial charge in [-0.1, -0.05) is 6.42 Å². The number of esters is 2. The Bertz CT molecular complexity index is 817. The monoisotopic (exact) mass is 591 g/mol. The summed E-state index contributed by atoms with van der Waals surface area (Å²) in [5.41, 5.74) is 0. The van der Waals surface area contributed by atoms with Crippen LogP contribution in [0.3, 0.4) is 0 Å². The van der Waals surface area contributed by atoms with Gasteiger partial charge in [0.05, 0.1) is 71.0 Å². The van der Waals surface area contributed by atoms with Crippen molar-refractivity contribution in [3.63, 3.8) is 0 Å². The van der Waals surface area contributed by atoms with E-state index in [0.29, 0.717) is 51.2 Å². The maximum absolute atomic E-state index is 12.0. The molecule has 0 aromatic heterocycles. The summed E-state index contributed by atoms with van der Waals surface area (Å²) < 4.78 is 25.7. The van der Waals surface area contributed by atoms with Gasteiger partial charge in [-0.15, -0.1) is 0 Å². The molecule has 0 aliphatic carbocycles. The van der Waals surface area contributed by atoms with Crippen molar-refractivity contribution in [1.29, 1.82) is 0 Å². The number of fused-ring (bicyclic) bond motifs is 1. The van der Waals surface area contributed by atoms with Gasteiger partial charge in [0.1, 0.15) is 13.2 Å². The van der Waals surface area contributed by atoms with Gasteiger partial charge >= 0.3 is 23.9 Å². The van der Waals surface area contributed by atoms with Gasteiger partial charge in [-0.25, -0.2) is 4.79 Å². The largest absolute Gasteiger partial charge is 0.481 e. The number of hydrogen-bond donors (Lipinski definition) is 4.